The van der Waals surface area contributed by atoms with E-state index in [1.165, 1.54) is 0 Å². The molecule has 0 unspecified atom stereocenters. The molecule has 0 aliphatic rings. The van der Waals surface area contributed by atoms with Gasteiger partial charge in [0.1, 0.15) is 12.4 Å². The number of aryl methyl sites for hydroxylation is 1. The summed E-state index contributed by atoms with van der Waals surface area (Å²) in [5, 5.41) is -0.305. The van der Waals surface area contributed by atoms with E-state index in [1.54, 1.807) is 29.9 Å². The number of carbonyl (C=O) groups is 2. The molecule has 0 fully saturated rings. The SMILES string of the molecule is Cn1cc(C(=O)C(=O)Cl)c2ccc(OCc3ccccc3)cc21. The van der Waals surface area contributed by atoms with Gasteiger partial charge in [-0.1, -0.05) is 30.3 Å². The third-order valence-corrected chi connectivity index (χ3v) is 3.81. The summed E-state index contributed by atoms with van der Waals surface area (Å²) in [7, 11) is 1.80. The van der Waals surface area contributed by atoms with E-state index < -0.39 is 11.0 Å². The Hall–Kier alpha value is -2.59. The molecule has 0 amide bonds. The molecule has 0 N–H and O–H groups in total. The Balaban J connectivity index is 1.89. The number of ether oxygens (including phenoxy) is 1. The number of fused-ring (bicyclic) bond motifs is 1. The minimum Gasteiger partial charge on any atom is -0.489 e. The van der Waals surface area contributed by atoms with Crippen LogP contribution in [0.15, 0.2) is 54.7 Å². The molecule has 23 heavy (non-hydrogen) atoms. The molecule has 3 rings (SSSR count). The highest BCUT2D eigenvalue weighted by atomic mass is 35.5. The van der Waals surface area contributed by atoms with Crippen molar-refractivity contribution >= 4 is 33.5 Å². The molecule has 0 saturated heterocycles. The van der Waals surface area contributed by atoms with Crippen molar-refractivity contribution in [3.63, 3.8) is 0 Å². The van der Waals surface area contributed by atoms with Crippen molar-refractivity contribution in [2.24, 2.45) is 7.05 Å². The third kappa shape index (κ3) is 3.12. The summed E-state index contributed by atoms with van der Waals surface area (Å²) in [6.45, 7) is 0.461. The molecule has 0 aliphatic heterocycles. The quantitative estimate of drug-likeness (QED) is 0.408. The normalized spacial score (nSPS) is 10.7. The molecule has 0 atom stereocenters. The minimum absolute atomic E-state index is 0.303. The zero-order valence-electron chi connectivity index (χ0n) is 12.5. The van der Waals surface area contributed by atoms with Crippen molar-refractivity contribution in [2.45, 2.75) is 6.61 Å². The van der Waals surface area contributed by atoms with Gasteiger partial charge in [-0.05, 0) is 29.3 Å². The van der Waals surface area contributed by atoms with Crippen LogP contribution >= 0.6 is 11.6 Å². The molecule has 0 aliphatic carbocycles. The van der Waals surface area contributed by atoms with Crippen LogP contribution in [0, 0.1) is 0 Å². The fourth-order valence-corrected chi connectivity index (χ4v) is 2.58. The predicted molar refractivity (Wildman–Crippen MR) is 88.9 cm³/mol. The summed E-state index contributed by atoms with van der Waals surface area (Å²) in [6, 6.07) is 15.2. The van der Waals surface area contributed by atoms with Gasteiger partial charge >= 0.3 is 0 Å². The number of hydrogen-bond donors (Lipinski definition) is 0. The van der Waals surface area contributed by atoms with Gasteiger partial charge < -0.3 is 9.30 Å². The van der Waals surface area contributed by atoms with Crippen molar-refractivity contribution in [1.29, 1.82) is 0 Å². The monoisotopic (exact) mass is 327 g/mol. The van der Waals surface area contributed by atoms with E-state index in [1.807, 2.05) is 36.4 Å². The molecule has 0 saturated carbocycles. The van der Waals surface area contributed by atoms with Crippen molar-refractivity contribution in [3.8, 4) is 5.75 Å². The molecule has 0 spiro atoms. The Morgan fingerprint density at radius 3 is 2.57 bits per heavy atom. The van der Waals surface area contributed by atoms with Crippen LogP contribution in [0.2, 0.25) is 0 Å². The minimum atomic E-state index is -0.984. The Morgan fingerprint density at radius 2 is 1.87 bits per heavy atom. The zero-order chi connectivity index (χ0) is 16.4. The molecular formula is C18H14ClNO3. The highest BCUT2D eigenvalue weighted by Gasteiger charge is 2.19. The Labute approximate surface area is 138 Å². The van der Waals surface area contributed by atoms with E-state index in [0.717, 1.165) is 11.1 Å². The smallest absolute Gasteiger partial charge is 0.293 e. The second kappa shape index (κ2) is 6.26. The molecule has 5 heteroatoms. The number of halogens is 1. The van der Waals surface area contributed by atoms with Crippen LogP contribution in [0.4, 0.5) is 0 Å². The van der Waals surface area contributed by atoms with Crippen LogP contribution in [-0.4, -0.2) is 15.6 Å². The maximum Gasteiger partial charge on any atom is 0.293 e. The van der Waals surface area contributed by atoms with Gasteiger partial charge in [0.15, 0.2) is 0 Å². The van der Waals surface area contributed by atoms with Gasteiger partial charge in [-0.25, -0.2) is 0 Å². The number of Topliss-reactive ketones (excluding diaryl/α,β-unsaturated/α-hetero) is 1. The Morgan fingerprint density at radius 1 is 1.13 bits per heavy atom. The number of carbonyl (C=O) groups excluding carboxylic acids is 2. The highest BCUT2D eigenvalue weighted by Crippen LogP contribution is 2.26. The average molecular weight is 328 g/mol. The Bertz CT molecular complexity index is 884. The molecule has 3 aromatic rings. The largest absolute Gasteiger partial charge is 0.489 e. The van der Waals surface area contributed by atoms with Gasteiger partial charge in [0.05, 0.1) is 11.1 Å². The lowest BCUT2D eigenvalue weighted by Crippen LogP contribution is -2.06. The second-order valence-electron chi connectivity index (χ2n) is 5.21. The summed E-state index contributed by atoms with van der Waals surface area (Å²) in [4.78, 5) is 22.9. The summed E-state index contributed by atoms with van der Waals surface area (Å²) in [5.41, 5.74) is 2.18. The number of hydrogen-bond acceptors (Lipinski definition) is 3. The predicted octanol–water partition coefficient (Wildman–Crippen LogP) is 3.71. The van der Waals surface area contributed by atoms with Crippen LogP contribution in [0.1, 0.15) is 15.9 Å². The molecule has 116 valence electrons. The Kier molecular flexibility index (Phi) is 4.17. The zero-order valence-corrected chi connectivity index (χ0v) is 13.2. The maximum atomic E-state index is 11.8. The topological polar surface area (TPSA) is 48.3 Å². The number of nitrogens with zero attached hydrogens (tertiary/aromatic N) is 1. The van der Waals surface area contributed by atoms with Crippen LogP contribution in [0.3, 0.4) is 0 Å². The number of rotatable bonds is 5. The lowest BCUT2D eigenvalue weighted by atomic mass is 10.1. The van der Waals surface area contributed by atoms with Crippen LogP contribution in [0.5, 0.6) is 5.75 Å². The molecule has 0 radical (unpaired) electrons. The summed E-state index contributed by atoms with van der Waals surface area (Å²) >= 11 is 5.30. The van der Waals surface area contributed by atoms with E-state index in [2.05, 4.69) is 0 Å². The molecular weight excluding hydrogens is 314 g/mol. The van der Waals surface area contributed by atoms with Crippen LogP contribution in [0.25, 0.3) is 10.9 Å². The lowest BCUT2D eigenvalue weighted by molar-refractivity contribution is -0.108. The fourth-order valence-electron chi connectivity index (χ4n) is 2.48. The number of benzene rings is 2. The number of aromatic nitrogens is 1. The average Bonchev–Trinajstić information content (AvgIpc) is 2.89. The first-order valence-electron chi connectivity index (χ1n) is 7.06. The van der Waals surface area contributed by atoms with E-state index in [4.69, 9.17) is 16.3 Å². The lowest BCUT2D eigenvalue weighted by Gasteiger charge is -2.07. The van der Waals surface area contributed by atoms with E-state index in [9.17, 15) is 9.59 Å². The summed E-state index contributed by atoms with van der Waals surface area (Å²) in [6.07, 6.45) is 1.61. The van der Waals surface area contributed by atoms with Crippen LogP contribution < -0.4 is 4.74 Å². The fraction of sp³-hybridized carbons (Fsp3) is 0.111. The van der Waals surface area contributed by atoms with Gasteiger partial charge in [-0.3, -0.25) is 9.59 Å². The van der Waals surface area contributed by atoms with Crippen molar-refractivity contribution in [2.75, 3.05) is 0 Å². The van der Waals surface area contributed by atoms with Gasteiger partial charge in [0.2, 0.25) is 5.78 Å². The van der Waals surface area contributed by atoms with Crippen molar-refractivity contribution in [1.82, 2.24) is 4.57 Å². The van der Waals surface area contributed by atoms with Gasteiger partial charge in [0, 0.05) is 24.7 Å². The second-order valence-corrected chi connectivity index (χ2v) is 5.55. The maximum absolute atomic E-state index is 11.8. The van der Waals surface area contributed by atoms with Gasteiger partial charge in [-0.2, -0.15) is 0 Å². The molecule has 1 aromatic heterocycles. The summed E-state index contributed by atoms with van der Waals surface area (Å²) in [5.74, 6) is -0.00558. The number of ketones is 1. The van der Waals surface area contributed by atoms with Crippen molar-refractivity contribution < 1.29 is 14.3 Å². The first-order chi connectivity index (χ1) is 11.1. The highest BCUT2D eigenvalue weighted by molar-refractivity contribution is 6.83. The third-order valence-electron chi connectivity index (χ3n) is 3.63. The molecule has 4 nitrogen and oxygen atoms in total. The van der Waals surface area contributed by atoms with E-state index in [0.29, 0.717) is 23.3 Å². The van der Waals surface area contributed by atoms with Crippen LogP contribution in [-0.2, 0) is 18.4 Å². The van der Waals surface area contributed by atoms with Crippen molar-refractivity contribution in [3.05, 3.63) is 65.9 Å². The van der Waals surface area contributed by atoms with Gasteiger partial charge in [0.25, 0.3) is 5.24 Å². The molecule has 1 heterocycles. The molecule has 2 aromatic carbocycles. The van der Waals surface area contributed by atoms with E-state index >= 15 is 0 Å². The standard InChI is InChI=1S/C18H14ClNO3/c1-20-10-15(17(21)18(19)22)14-8-7-13(9-16(14)20)23-11-12-5-3-2-4-6-12/h2-10H,11H2,1H3. The first kappa shape index (κ1) is 15.3. The van der Waals surface area contributed by atoms with E-state index in [-0.39, 0.29) is 0 Å². The first-order valence-corrected chi connectivity index (χ1v) is 7.44. The summed E-state index contributed by atoms with van der Waals surface area (Å²) < 4.78 is 7.56. The van der Waals surface area contributed by atoms with Gasteiger partial charge in [-0.15, -0.1) is 0 Å². The molecule has 0 bridgehead atoms.